The molecular weight excluding hydrogens is 406 g/mol. The van der Waals surface area contributed by atoms with E-state index in [2.05, 4.69) is 25.1 Å². The maximum Gasteiger partial charge on any atom is 0.573 e. The second-order valence-corrected chi connectivity index (χ2v) is 7.78. The van der Waals surface area contributed by atoms with Gasteiger partial charge in [-0.05, 0) is 44.4 Å². The lowest BCUT2D eigenvalue weighted by atomic mass is 9.91. The molecule has 1 aliphatic carbocycles. The van der Waals surface area contributed by atoms with Gasteiger partial charge in [-0.3, -0.25) is 0 Å². The smallest absolute Gasteiger partial charge is 0.403 e. The summed E-state index contributed by atoms with van der Waals surface area (Å²) in [6, 6.07) is 3.95. The molecule has 0 bridgehead atoms. The Balaban J connectivity index is 1.71. The number of nitrogens with zero attached hydrogens (tertiary/aromatic N) is 4. The van der Waals surface area contributed by atoms with E-state index in [1.54, 1.807) is 6.07 Å². The van der Waals surface area contributed by atoms with Gasteiger partial charge in [0.2, 0.25) is 0 Å². The fourth-order valence-corrected chi connectivity index (χ4v) is 3.24. The highest BCUT2D eigenvalue weighted by atomic mass is 19.4. The zero-order valence-corrected chi connectivity index (χ0v) is 16.1. The second-order valence-electron chi connectivity index (χ2n) is 7.78. The number of ether oxygens (including phenoxy) is 1. The summed E-state index contributed by atoms with van der Waals surface area (Å²) in [4.78, 5) is 8.57. The monoisotopic (exact) mass is 425 g/mol. The SMILES string of the molecule is CC(C)(O)[C@H](Nc1cc(C2CC2)nc2ncnn12)c1ccc(OC(F)(F)F)c(F)c1. The molecule has 0 spiro atoms. The highest BCUT2D eigenvalue weighted by molar-refractivity contribution is 5.49. The first kappa shape index (κ1) is 20.3. The first-order valence-electron chi connectivity index (χ1n) is 9.26. The summed E-state index contributed by atoms with van der Waals surface area (Å²) in [5, 5.41) is 17.9. The predicted octanol–water partition coefficient (Wildman–Crippen LogP) is 3.96. The molecule has 0 radical (unpaired) electrons. The Morgan fingerprint density at radius 3 is 2.57 bits per heavy atom. The number of rotatable bonds is 6. The molecule has 3 aromatic rings. The van der Waals surface area contributed by atoms with Crippen molar-refractivity contribution in [3.63, 3.8) is 0 Å². The first-order valence-corrected chi connectivity index (χ1v) is 9.26. The number of aliphatic hydroxyl groups is 1. The molecule has 11 heteroatoms. The van der Waals surface area contributed by atoms with Crippen molar-refractivity contribution in [3.8, 4) is 5.75 Å². The molecule has 0 unspecified atom stereocenters. The van der Waals surface area contributed by atoms with Gasteiger partial charge in [-0.1, -0.05) is 6.07 Å². The van der Waals surface area contributed by atoms with Crippen LogP contribution in [0.2, 0.25) is 0 Å². The average Bonchev–Trinajstić information content (AvgIpc) is 3.37. The number of hydrogen-bond donors (Lipinski definition) is 2. The van der Waals surface area contributed by atoms with Gasteiger partial charge in [0.25, 0.3) is 5.78 Å². The molecule has 1 aliphatic rings. The van der Waals surface area contributed by atoms with Gasteiger partial charge in [-0.25, -0.2) is 9.37 Å². The van der Waals surface area contributed by atoms with Crippen molar-refractivity contribution < 1.29 is 27.4 Å². The van der Waals surface area contributed by atoms with Crippen LogP contribution < -0.4 is 10.1 Å². The predicted molar refractivity (Wildman–Crippen MR) is 98.5 cm³/mol. The molecule has 7 nitrogen and oxygen atoms in total. The van der Waals surface area contributed by atoms with E-state index in [0.717, 1.165) is 30.7 Å². The molecule has 30 heavy (non-hydrogen) atoms. The largest absolute Gasteiger partial charge is 0.573 e. The van der Waals surface area contributed by atoms with Crippen molar-refractivity contribution >= 4 is 11.6 Å². The Morgan fingerprint density at radius 2 is 1.97 bits per heavy atom. The van der Waals surface area contributed by atoms with Gasteiger partial charge in [0, 0.05) is 12.0 Å². The molecule has 0 aliphatic heterocycles. The molecule has 2 heterocycles. The zero-order chi connectivity index (χ0) is 21.7. The van der Waals surface area contributed by atoms with Crippen molar-refractivity contribution in [1.82, 2.24) is 19.6 Å². The van der Waals surface area contributed by atoms with Gasteiger partial charge >= 0.3 is 6.36 Å². The van der Waals surface area contributed by atoms with E-state index < -0.39 is 29.6 Å². The summed E-state index contributed by atoms with van der Waals surface area (Å²) >= 11 is 0. The summed E-state index contributed by atoms with van der Waals surface area (Å²) in [5.41, 5.74) is -0.352. The van der Waals surface area contributed by atoms with E-state index in [-0.39, 0.29) is 5.56 Å². The Labute approximate surface area is 168 Å². The fourth-order valence-electron chi connectivity index (χ4n) is 3.24. The maximum atomic E-state index is 14.3. The van der Waals surface area contributed by atoms with Crippen LogP contribution in [0, 0.1) is 5.82 Å². The van der Waals surface area contributed by atoms with Gasteiger partial charge in [0.1, 0.15) is 12.1 Å². The van der Waals surface area contributed by atoms with Crippen LogP contribution in [0.15, 0.2) is 30.6 Å². The molecule has 1 saturated carbocycles. The van der Waals surface area contributed by atoms with Crippen molar-refractivity contribution in [2.75, 3.05) is 5.32 Å². The Kier molecular flexibility index (Phi) is 4.80. The summed E-state index contributed by atoms with van der Waals surface area (Å²) in [7, 11) is 0. The van der Waals surface area contributed by atoms with Gasteiger partial charge in [-0.2, -0.15) is 14.6 Å². The number of anilines is 1. The summed E-state index contributed by atoms with van der Waals surface area (Å²) in [6.45, 7) is 3.01. The number of aromatic nitrogens is 4. The molecule has 1 aromatic carbocycles. The molecule has 0 amide bonds. The van der Waals surface area contributed by atoms with Crippen LogP contribution in [0.4, 0.5) is 23.4 Å². The summed E-state index contributed by atoms with van der Waals surface area (Å²) in [6.07, 6.45) is -1.65. The van der Waals surface area contributed by atoms with Gasteiger partial charge in [0.05, 0.1) is 17.3 Å². The number of halogens is 4. The molecule has 160 valence electrons. The van der Waals surface area contributed by atoms with Crippen LogP contribution in [-0.4, -0.2) is 36.7 Å². The first-order chi connectivity index (χ1) is 14.0. The maximum absolute atomic E-state index is 14.3. The highest BCUT2D eigenvalue weighted by Gasteiger charge is 2.34. The Hall–Kier alpha value is -2.95. The third-order valence-electron chi connectivity index (χ3n) is 4.78. The molecule has 2 aromatic heterocycles. The minimum Gasteiger partial charge on any atom is -0.403 e. The van der Waals surface area contributed by atoms with E-state index in [9.17, 15) is 22.7 Å². The topological polar surface area (TPSA) is 84.6 Å². The molecule has 0 saturated heterocycles. The number of alkyl halides is 3. The summed E-state index contributed by atoms with van der Waals surface area (Å²) in [5.74, 6) is -0.970. The standard InChI is InChI=1S/C19H19F4N5O2/c1-18(2,29)16(11-5-6-14(12(20)7-11)30-19(21,22)23)27-15-8-13(10-3-4-10)26-17-24-9-25-28(15)17/h5-10,16,27,29H,3-4H2,1-2H3/t16-/m1/s1. The Bertz CT molecular complexity index is 1070. The lowest BCUT2D eigenvalue weighted by Crippen LogP contribution is -2.35. The number of nitrogens with one attached hydrogen (secondary N) is 1. The van der Waals surface area contributed by atoms with Crippen LogP contribution in [0.3, 0.4) is 0 Å². The highest BCUT2D eigenvalue weighted by Crippen LogP contribution is 2.40. The Morgan fingerprint density at radius 1 is 1.23 bits per heavy atom. The van der Waals surface area contributed by atoms with Crippen LogP contribution in [0.1, 0.15) is 49.9 Å². The van der Waals surface area contributed by atoms with Crippen molar-refractivity contribution in [2.45, 2.75) is 50.6 Å². The summed E-state index contributed by atoms with van der Waals surface area (Å²) < 4.78 is 56.7. The van der Waals surface area contributed by atoms with Crippen LogP contribution >= 0.6 is 0 Å². The normalized spacial score (nSPS) is 16.0. The van der Waals surface area contributed by atoms with Gasteiger partial charge in [-0.15, -0.1) is 13.2 Å². The molecule has 1 atom stereocenters. The van der Waals surface area contributed by atoms with Crippen LogP contribution in [-0.2, 0) is 0 Å². The van der Waals surface area contributed by atoms with Crippen molar-refractivity contribution in [2.24, 2.45) is 0 Å². The minimum absolute atomic E-state index is 0.229. The molecule has 4 rings (SSSR count). The molecule has 1 fully saturated rings. The third kappa shape index (κ3) is 4.30. The van der Waals surface area contributed by atoms with Crippen molar-refractivity contribution in [1.29, 1.82) is 0 Å². The van der Waals surface area contributed by atoms with E-state index in [1.165, 1.54) is 30.8 Å². The zero-order valence-electron chi connectivity index (χ0n) is 16.1. The van der Waals surface area contributed by atoms with E-state index in [4.69, 9.17) is 0 Å². The van der Waals surface area contributed by atoms with Gasteiger partial charge < -0.3 is 15.2 Å². The minimum atomic E-state index is -5.01. The fraction of sp³-hybridized carbons (Fsp3) is 0.421. The quantitative estimate of drug-likeness (QED) is 0.582. The number of fused-ring (bicyclic) bond motifs is 1. The lowest BCUT2D eigenvalue weighted by molar-refractivity contribution is -0.275. The van der Waals surface area contributed by atoms with Crippen LogP contribution in [0.5, 0.6) is 5.75 Å². The number of hydrogen-bond acceptors (Lipinski definition) is 6. The lowest BCUT2D eigenvalue weighted by Gasteiger charge is -2.31. The van der Waals surface area contributed by atoms with Gasteiger partial charge in [0.15, 0.2) is 11.6 Å². The molecule has 2 N–H and O–H groups in total. The van der Waals surface area contributed by atoms with E-state index in [0.29, 0.717) is 17.5 Å². The second kappa shape index (κ2) is 7.08. The third-order valence-corrected chi connectivity index (χ3v) is 4.78. The van der Waals surface area contributed by atoms with Crippen LogP contribution in [0.25, 0.3) is 5.78 Å². The average molecular weight is 425 g/mol. The molecular formula is C19H19F4N5O2. The van der Waals surface area contributed by atoms with Crippen molar-refractivity contribution in [3.05, 3.63) is 47.7 Å². The number of benzene rings is 1. The van der Waals surface area contributed by atoms with E-state index >= 15 is 0 Å². The van der Waals surface area contributed by atoms with E-state index in [1.807, 2.05) is 0 Å².